The predicted octanol–water partition coefficient (Wildman–Crippen LogP) is 4.03. The van der Waals surface area contributed by atoms with E-state index in [1.165, 1.54) is 36.4 Å². The van der Waals surface area contributed by atoms with E-state index in [-0.39, 0.29) is 20.0 Å². The number of hydrogen-bond donors (Lipinski definition) is 2. The van der Waals surface area contributed by atoms with Gasteiger partial charge >= 0.3 is 0 Å². The van der Waals surface area contributed by atoms with Crippen LogP contribution in [0.5, 0.6) is 0 Å². The fourth-order valence-electron chi connectivity index (χ4n) is 1.49. The van der Waals surface area contributed by atoms with Gasteiger partial charge in [-0.15, -0.1) is 0 Å². The summed E-state index contributed by atoms with van der Waals surface area (Å²) >= 11 is 17.4. The Morgan fingerprint density at radius 1 is 0.950 bits per heavy atom. The first kappa shape index (κ1) is 15.3. The maximum atomic E-state index is 12.2. The SMILES string of the molecule is Nc1ccc(NS(=O)(=O)c2cc(Cl)cc(Cl)c2)cc1Cl. The third-order valence-electron chi connectivity index (χ3n) is 2.40. The normalized spacial score (nSPS) is 11.3. The molecule has 20 heavy (non-hydrogen) atoms. The topological polar surface area (TPSA) is 72.2 Å². The first-order valence-electron chi connectivity index (χ1n) is 5.32. The average molecular weight is 352 g/mol. The van der Waals surface area contributed by atoms with Crippen molar-refractivity contribution in [2.45, 2.75) is 4.90 Å². The van der Waals surface area contributed by atoms with Crippen LogP contribution in [0.3, 0.4) is 0 Å². The Labute approximate surface area is 131 Å². The Kier molecular flexibility index (Phi) is 4.34. The van der Waals surface area contributed by atoms with Crippen molar-refractivity contribution < 1.29 is 8.42 Å². The molecular weight excluding hydrogens is 343 g/mol. The van der Waals surface area contributed by atoms with Gasteiger partial charge in [0.25, 0.3) is 10.0 Å². The average Bonchev–Trinajstić information content (AvgIpc) is 2.32. The van der Waals surface area contributed by atoms with Crippen molar-refractivity contribution in [2.75, 3.05) is 10.5 Å². The fraction of sp³-hybridized carbons (Fsp3) is 0. The van der Waals surface area contributed by atoms with Crippen molar-refractivity contribution in [2.24, 2.45) is 0 Å². The summed E-state index contributed by atoms with van der Waals surface area (Å²) in [6.45, 7) is 0. The second kappa shape index (κ2) is 5.69. The largest absolute Gasteiger partial charge is 0.398 e. The Hall–Kier alpha value is -1.14. The highest BCUT2D eigenvalue weighted by Crippen LogP contribution is 2.27. The lowest BCUT2D eigenvalue weighted by Gasteiger charge is -2.10. The van der Waals surface area contributed by atoms with Crippen LogP contribution in [0.2, 0.25) is 15.1 Å². The van der Waals surface area contributed by atoms with Gasteiger partial charge in [-0.25, -0.2) is 8.42 Å². The van der Waals surface area contributed by atoms with Crippen LogP contribution >= 0.6 is 34.8 Å². The minimum atomic E-state index is -3.81. The van der Waals surface area contributed by atoms with E-state index in [2.05, 4.69) is 4.72 Å². The monoisotopic (exact) mass is 350 g/mol. The molecule has 0 spiro atoms. The van der Waals surface area contributed by atoms with E-state index in [1.807, 2.05) is 0 Å². The predicted molar refractivity (Wildman–Crippen MR) is 83.1 cm³/mol. The number of nitrogens with one attached hydrogen (secondary N) is 1. The van der Waals surface area contributed by atoms with Crippen LogP contribution in [0.15, 0.2) is 41.3 Å². The van der Waals surface area contributed by atoms with Crippen molar-refractivity contribution in [1.82, 2.24) is 0 Å². The highest BCUT2D eigenvalue weighted by atomic mass is 35.5. The van der Waals surface area contributed by atoms with E-state index in [9.17, 15) is 8.42 Å². The molecule has 0 aliphatic heterocycles. The summed E-state index contributed by atoms with van der Waals surface area (Å²) in [5.41, 5.74) is 6.21. The third kappa shape index (κ3) is 3.49. The molecule has 0 fully saturated rings. The van der Waals surface area contributed by atoms with Gasteiger partial charge in [0.15, 0.2) is 0 Å². The summed E-state index contributed by atoms with van der Waals surface area (Å²) in [6.07, 6.45) is 0. The Bertz CT molecular complexity index is 743. The highest BCUT2D eigenvalue weighted by Gasteiger charge is 2.16. The summed E-state index contributed by atoms with van der Waals surface area (Å²) in [7, 11) is -3.81. The number of anilines is 2. The van der Waals surface area contributed by atoms with Gasteiger partial charge in [0, 0.05) is 10.0 Å². The lowest BCUT2D eigenvalue weighted by molar-refractivity contribution is 0.601. The van der Waals surface area contributed by atoms with Crippen LogP contribution in [0.25, 0.3) is 0 Å². The minimum Gasteiger partial charge on any atom is -0.398 e. The van der Waals surface area contributed by atoms with Gasteiger partial charge in [-0.05, 0) is 36.4 Å². The van der Waals surface area contributed by atoms with E-state index in [0.29, 0.717) is 11.4 Å². The summed E-state index contributed by atoms with van der Waals surface area (Å²) < 4.78 is 26.8. The molecule has 4 nitrogen and oxygen atoms in total. The van der Waals surface area contributed by atoms with Gasteiger partial charge in [-0.1, -0.05) is 34.8 Å². The molecule has 0 saturated carbocycles. The minimum absolute atomic E-state index is 0.0389. The van der Waals surface area contributed by atoms with Crippen molar-refractivity contribution in [3.63, 3.8) is 0 Å². The first-order chi connectivity index (χ1) is 9.28. The van der Waals surface area contributed by atoms with E-state index < -0.39 is 10.0 Å². The van der Waals surface area contributed by atoms with Crippen molar-refractivity contribution in [1.29, 1.82) is 0 Å². The van der Waals surface area contributed by atoms with Gasteiger partial charge in [-0.2, -0.15) is 0 Å². The molecule has 0 unspecified atom stereocenters. The fourth-order valence-corrected chi connectivity index (χ4v) is 3.44. The van der Waals surface area contributed by atoms with Crippen LogP contribution in [-0.2, 0) is 10.0 Å². The summed E-state index contributed by atoms with van der Waals surface area (Å²) in [5, 5.41) is 0.718. The molecule has 0 saturated heterocycles. The number of nitrogens with two attached hydrogens (primary N) is 1. The molecule has 2 aromatic carbocycles. The number of nitrogen functional groups attached to an aromatic ring is 1. The van der Waals surface area contributed by atoms with Gasteiger partial charge in [0.1, 0.15) is 0 Å². The van der Waals surface area contributed by atoms with Crippen LogP contribution in [0.4, 0.5) is 11.4 Å². The van der Waals surface area contributed by atoms with E-state index in [0.717, 1.165) is 0 Å². The zero-order chi connectivity index (χ0) is 14.9. The van der Waals surface area contributed by atoms with Gasteiger partial charge in [0.05, 0.1) is 21.3 Å². The molecule has 0 aliphatic rings. The quantitative estimate of drug-likeness (QED) is 0.820. The number of hydrogen-bond acceptors (Lipinski definition) is 3. The van der Waals surface area contributed by atoms with Crippen molar-refractivity contribution in [3.05, 3.63) is 51.5 Å². The standard InChI is InChI=1S/C12H9Cl3N2O2S/c13-7-3-8(14)5-10(4-7)20(18,19)17-9-1-2-12(16)11(15)6-9/h1-6,17H,16H2. The molecule has 3 N–H and O–H groups in total. The molecule has 0 aliphatic carbocycles. The smallest absolute Gasteiger partial charge is 0.261 e. The number of halogens is 3. The molecule has 0 atom stereocenters. The molecule has 0 aromatic heterocycles. The summed E-state index contributed by atoms with van der Waals surface area (Å²) in [4.78, 5) is -0.0389. The molecule has 106 valence electrons. The summed E-state index contributed by atoms with van der Waals surface area (Å²) in [6, 6.07) is 8.47. The molecule has 0 amide bonds. The Morgan fingerprint density at radius 3 is 2.10 bits per heavy atom. The number of sulfonamides is 1. The molecule has 2 aromatic rings. The Morgan fingerprint density at radius 2 is 1.55 bits per heavy atom. The Balaban J connectivity index is 2.37. The van der Waals surface area contributed by atoms with Crippen molar-refractivity contribution in [3.8, 4) is 0 Å². The molecule has 0 radical (unpaired) electrons. The van der Waals surface area contributed by atoms with Crippen LogP contribution < -0.4 is 10.5 Å². The maximum absolute atomic E-state index is 12.2. The van der Waals surface area contributed by atoms with E-state index in [4.69, 9.17) is 40.5 Å². The molecular formula is C12H9Cl3N2O2S. The molecule has 2 rings (SSSR count). The van der Waals surface area contributed by atoms with Crippen LogP contribution in [-0.4, -0.2) is 8.42 Å². The van der Waals surface area contributed by atoms with Crippen LogP contribution in [0, 0.1) is 0 Å². The van der Waals surface area contributed by atoms with Gasteiger partial charge < -0.3 is 5.73 Å². The number of rotatable bonds is 3. The first-order valence-corrected chi connectivity index (χ1v) is 7.93. The summed E-state index contributed by atoms with van der Waals surface area (Å²) in [5.74, 6) is 0. The van der Waals surface area contributed by atoms with Gasteiger partial charge in [-0.3, -0.25) is 4.72 Å². The number of benzene rings is 2. The zero-order valence-electron chi connectivity index (χ0n) is 9.90. The van der Waals surface area contributed by atoms with Crippen LogP contribution in [0.1, 0.15) is 0 Å². The second-order valence-corrected chi connectivity index (χ2v) is 6.91. The molecule has 0 bridgehead atoms. The third-order valence-corrected chi connectivity index (χ3v) is 4.52. The molecule has 0 heterocycles. The lowest BCUT2D eigenvalue weighted by Crippen LogP contribution is -2.13. The van der Waals surface area contributed by atoms with E-state index >= 15 is 0 Å². The second-order valence-electron chi connectivity index (χ2n) is 3.95. The highest BCUT2D eigenvalue weighted by molar-refractivity contribution is 7.92. The van der Waals surface area contributed by atoms with Crippen molar-refractivity contribution >= 4 is 56.2 Å². The molecule has 8 heteroatoms. The zero-order valence-corrected chi connectivity index (χ0v) is 13.0. The lowest BCUT2D eigenvalue weighted by atomic mass is 10.3. The van der Waals surface area contributed by atoms with E-state index in [1.54, 1.807) is 0 Å². The maximum Gasteiger partial charge on any atom is 0.261 e. The van der Waals surface area contributed by atoms with Gasteiger partial charge in [0.2, 0.25) is 0 Å².